The summed E-state index contributed by atoms with van der Waals surface area (Å²) < 4.78 is 0. The van der Waals surface area contributed by atoms with Crippen molar-refractivity contribution in [1.82, 2.24) is 4.98 Å². The van der Waals surface area contributed by atoms with Crippen LogP contribution in [0.15, 0.2) is 42.6 Å². The van der Waals surface area contributed by atoms with Crippen LogP contribution in [0.2, 0.25) is 0 Å². The van der Waals surface area contributed by atoms with Gasteiger partial charge in [-0.15, -0.1) is 0 Å². The van der Waals surface area contributed by atoms with E-state index in [9.17, 15) is 0 Å². The standard InChI is InChI=1S/C9H7N.2ClH.Pt/c1-2-6-9-8(4-1)5-3-7-10-9;;;/h1-7H;2*1H;/q;;;+2/p-2. The zero-order chi connectivity index (χ0) is 9.52. The van der Waals surface area contributed by atoms with Crippen LogP contribution in [0, 0.1) is 0 Å². The average molecular weight is 395 g/mol. The molecule has 4 heteroatoms. The quantitative estimate of drug-likeness (QED) is 0.665. The van der Waals surface area contributed by atoms with E-state index >= 15 is 0 Å². The number of nitrogens with zero attached hydrogens (tertiary/aromatic N) is 1. The van der Waals surface area contributed by atoms with Gasteiger partial charge in [-0.2, -0.15) is 0 Å². The van der Waals surface area contributed by atoms with E-state index in [4.69, 9.17) is 18.8 Å². The van der Waals surface area contributed by atoms with Gasteiger partial charge in [-0.3, -0.25) is 4.98 Å². The van der Waals surface area contributed by atoms with Crippen LogP contribution >= 0.6 is 18.8 Å². The molecule has 0 saturated heterocycles. The molecule has 0 spiro atoms. The van der Waals surface area contributed by atoms with Crippen molar-refractivity contribution in [1.29, 1.82) is 0 Å². The minimum atomic E-state index is -0.472. The molecule has 0 unspecified atom stereocenters. The molecule has 1 aromatic heterocycles. The second kappa shape index (κ2) is 6.37. The molecule has 2 rings (SSSR count). The predicted octanol–water partition coefficient (Wildman–Crippen LogP) is 3.61. The van der Waals surface area contributed by atoms with Crippen molar-refractivity contribution in [2.75, 3.05) is 0 Å². The summed E-state index contributed by atoms with van der Waals surface area (Å²) >= 11 is -0.472. The summed E-state index contributed by atoms with van der Waals surface area (Å²) in [6, 6.07) is 12.1. The first-order valence-corrected chi connectivity index (χ1v) is 9.13. The first kappa shape index (κ1) is 11.0. The maximum Gasteiger partial charge on any atom is 0.0701 e. The van der Waals surface area contributed by atoms with Crippen molar-refractivity contribution >= 4 is 29.7 Å². The summed E-state index contributed by atoms with van der Waals surface area (Å²) in [5.74, 6) is 0. The fraction of sp³-hybridized carbons (Fsp3) is 0. The zero-order valence-corrected chi connectivity index (χ0v) is 10.3. The number of fused-ring (bicyclic) bond motifs is 1. The minimum absolute atomic E-state index is 0.472. The van der Waals surface area contributed by atoms with Gasteiger partial charge in [-0.05, 0) is 12.1 Å². The fourth-order valence-corrected chi connectivity index (χ4v) is 1.02. The van der Waals surface area contributed by atoms with E-state index < -0.39 is 16.5 Å². The van der Waals surface area contributed by atoms with Gasteiger partial charge in [0, 0.05) is 11.6 Å². The molecule has 0 fully saturated rings. The molecule has 0 bridgehead atoms. The number of benzene rings is 1. The summed E-state index contributed by atoms with van der Waals surface area (Å²) in [6.07, 6.45) is 1.81. The molecule has 1 nitrogen and oxygen atoms in total. The summed E-state index contributed by atoms with van der Waals surface area (Å²) in [6.45, 7) is 0. The number of halogens is 2. The number of hydrogen-bond acceptors (Lipinski definition) is 1. The smallest absolute Gasteiger partial charge is 0.0701 e. The number of rotatable bonds is 0. The Balaban J connectivity index is 0.000000251. The van der Waals surface area contributed by atoms with E-state index in [1.807, 2.05) is 30.5 Å². The van der Waals surface area contributed by atoms with Crippen molar-refractivity contribution < 1.29 is 16.5 Å². The molecule has 0 aliphatic heterocycles. The maximum absolute atomic E-state index is 4.88. The molecule has 13 heavy (non-hydrogen) atoms. The van der Waals surface area contributed by atoms with Gasteiger partial charge in [0.2, 0.25) is 0 Å². The Morgan fingerprint density at radius 1 is 1.00 bits per heavy atom. The van der Waals surface area contributed by atoms with Crippen LogP contribution in [-0.4, -0.2) is 4.98 Å². The number of hydrogen-bond donors (Lipinski definition) is 0. The average Bonchev–Trinajstić information content (AvgIpc) is 2.19. The Kier molecular flexibility index (Phi) is 5.38. The van der Waals surface area contributed by atoms with Crippen LogP contribution in [0.1, 0.15) is 0 Å². The van der Waals surface area contributed by atoms with Crippen molar-refractivity contribution in [3.63, 3.8) is 0 Å². The van der Waals surface area contributed by atoms with E-state index in [0.29, 0.717) is 0 Å². The number of aromatic nitrogens is 1. The van der Waals surface area contributed by atoms with Gasteiger partial charge < -0.3 is 0 Å². The molecule has 0 aliphatic rings. The monoisotopic (exact) mass is 394 g/mol. The van der Waals surface area contributed by atoms with Crippen molar-refractivity contribution in [3.8, 4) is 0 Å². The van der Waals surface area contributed by atoms with Crippen LogP contribution in [0.5, 0.6) is 0 Å². The largest absolute Gasteiger partial charge is 0.256 e. The summed E-state index contributed by atoms with van der Waals surface area (Å²) in [4.78, 5) is 4.18. The van der Waals surface area contributed by atoms with Crippen LogP contribution in [0.4, 0.5) is 0 Å². The Labute approximate surface area is 93.5 Å². The molecular formula is C9H7Cl2NPt. The third kappa shape index (κ3) is 3.64. The van der Waals surface area contributed by atoms with Crippen molar-refractivity contribution in [2.24, 2.45) is 0 Å². The molecule has 0 aliphatic carbocycles. The molecule has 72 valence electrons. The zero-order valence-electron chi connectivity index (χ0n) is 6.56. The molecular weight excluding hydrogens is 388 g/mol. The van der Waals surface area contributed by atoms with Crippen LogP contribution in [-0.2, 0) is 16.5 Å². The van der Waals surface area contributed by atoms with Crippen molar-refractivity contribution in [3.05, 3.63) is 42.6 Å². The van der Waals surface area contributed by atoms with Gasteiger partial charge in [-0.25, -0.2) is 0 Å². The van der Waals surface area contributed by atoms with Gasteiger partial charge in [0.05, 0.1) is 5.52 Å². The molecule has 1 heterocycles. The maximum atomic E-state index is 4.88. The topological polar surface area (TPSA) is 12.9 Å². The summed E-state index contributed by atoms with van der Waals surface area (Å²) in [5.41, 5.74) is 1.06. The van der Waals surface area contributed by atoms with Crippen LogP contribution in [0.25, 0.3) is 10.9 Å². The predicted molar refractivity (Wildman–Crippen MR) is 53.4 cm³/mol. The Morgan fingerprint density at radius 2 is 1.62 bits per heavy atom. The van der Waals surface area contributed by atoms with E-state index in [0.717, 1.165) is 5.52 Å². The molecule has 0 atom stereocenters. The Morgan fingerprint density at radius 3 is 2.31 bits per heavy atom. The number of para-hydroxylation sites is 1. The van der Waals surface area contributed by atoms with Gasteiger partial charge in [0.25, 0.3) is 0 Å². The molecule has 0 N–H and O–H groups in total. The van der Waals surface area contributed by atoms with Crippen LogP contribution in [0.3, 0.4) is 0 Å². The first-order chi connectivity index (χ1) is 6.38. The van der Waals surface area contributed by atoms with Gasteiger partial charge in [0.15, 0.2) is 0 Å². The second-order valence-corrected chi connectivity index (χ2v) is 5.52. The second-order valence-electron chi connectivity index (χ2n) is 2.24. The van der Waals surface area contributed by atoms with E-state index in [2.05, 4.69) is 17.1 Å². The van der Waals surface area contributed by atoms with Gasteiger partial charge >= 0.3 is 35.3 Å². The molecule has 0 amide bonds. The Hall–Kier alpha value is -0.102. The third-order valence-electron chi connectivity index (χ3n) is 1.51. The normalized spacial score (nSPS) is 9.38. The minimum Gasteiger partial charge on any atom is -0.256 e. The van der Waals surface area contributed by atoms with E-state index in [1.165, 1.54) is 5.39 Å². The van der Waals surface area contributed by atoms with E-state index in [1.54, 1.807) is 0 Å². The van der Waals surface area contributed by atoms with Gasteiger partial charge in [0.1, 0.15) is 0 Å². The first-order valence-electron chi connectivity index (χ1n) is 3.50. The fourth-order valence-electron chi connectivity index (χ4n) is 1.02. The summed E-state index contributed by atoms with van der Waals surface area (Å²) in [5, 5.41) is 1.20. The molecule has 2 aromatic rings. The Bertz CT molecular complexity index is 302. The summed E-state index contributed by atoms with van der Waals surface area (Å²) in [7, 11) is 9.75. The number of pyridine rings is 1. The molecule has 0 radical (unpaired) electrons. The molecule has 0 saturated carbocycles. The van der Waals surface area contributed by atoms with Gasteiger partial charge in [-0.1, -0.05) is 24.3 Å². The van der Waals surface area contributed by atoms with Crippen molar-refractivity contribution in [2.45, 2.75) is 0 Å². The van der Waals surface area contributed by atoms with E-state index in [-0.39, 0.29) is 0 Å². The third-order valence-corrected chi connectivity index (χ3v) is 1.51. The molecule has 1 aromatic carbocycles. The van der Waals surface area contributed by atoms with Crippen LogP contribution < -0.4 is 0 Å². The SMILES string of the molecule is [Cl][Pt][Cl].c1ccc2ncccc2c1.